The van der Waals surface area contributed by atoms with Crippen LogP contribution in [-0.4, -0.2) is 22.0 Å². The summed E-state index contributed by atoms with van der Waals surface area (Å²) in [6, 6.07) is 8.61. The van der Waals surface area contributed by atoms with Crippen molar-refractivity contribution in [1.29, 1.82) is 5.26 Å². The quantitative estimate of drug-likeness (QED) is 0.642. The number of alkyl halides is 3. The van der Waals surface area contributed by atoms with E-state index >= 15 is 0 Å². The zero-order chi connectivity index (χ0) is 22.9. The van der Waals surface area contributed by atoms with Gasteiger partial charge >= 0.3 is 6.18 Å². The third-order valence-corrected chi connectivity index (χ3v) is 5.39. The van der Waals surface area contributed by atoms with Crippen molar-refractivity contribution >= 4 is 0 Å². The molecular formula is C23H25F4NO2. The van der Waals surface area contributed by atoms with Gasteiger partial charge in [-0.2, -0.15) is 18.4 Å². The Hall–Kier alpha value is -2.43. The van der Waals surface area contributed by atoms with Gasteiger partial charge in [0.1, 0.15) is 5.82 Å². The molecule has 1 unspecified atom stereocenters. The van der Waals surface area contributed by atoms with Crippen molar-refractivity contribution in [3.63, 3.8) is 0 Å². The normalized spacial score (nSPS) is 14.3. The average molecular weight is 423 g/mol. The van der Waals surface area contributed by atoms with Crippen LogP contribution in [0.15, 0.2) is 30.3 Å². The molecule has 0 aliphatic heterocycles. The first-order chi connectivity index (χ1) is 13.7. The van der Waals surface area contributed by atoms with E-state index < -0.39 is 42.5 Å². The zero-order valence-corrected chi connectivity index (χ0v) is 17.4. The molecule has 0 spiro atoms. The second kappa shape index (κ2) is 8.37. The highest BCUT2D eigenvalue weighted by Crippen LogP contribution is 2.44. The molecule has 1 atom stereocenters. The number of aliphatic hydroxyl groups is 2. The van der Waals surface area contributed by atoms with Gasteiger partial charge in [0.15, 0.2) is 5.60 Å². The van der Waals surface area contributed by atoms with E-state index in [2.05, 4.69) is 0 Å². The van der Waals surface area contributed by atoms with E-state index in [0.29, 0.717) is 11.1 Å². The van der Waals surface area contributed by atoms with Gasteiger partial charge in [-0.15, -0.1) is 0 Å². The second-order valence-electron chi connectivity index (χ2n) is 8.45. The van der Waals surface area contributed by atoms with Crippen LogP contribution >= 0.6 is 0 Å². The van der Waals surface area contributed by atoms with Crippen LogP contribution in [-0.2, 0) is 18.4 Å². The number of aliphatic hydroxyl groups excluding tert-OH is 1. The number of benzene rings is 2. The van der Waals surface area contributed by atoms with E-state index in [4.69, 9.17) is 0 Å². The van der Waals surface area contributed by atoms with Gasteiger partial charge in [-0.1, -0.05) is 37.6 Å². The molecule has 3 nitrogen and oxygen atoms in total. The minimum Gasteiger partial charge on any atom is -0.392 e. The molecule has 0 radical (unpaired) electrons. The Kier molecular flexibility index (Phi) is 6.65. The van der Waals surface area contributed by atoms with Crippen LogP contribution in [0.5, 0.6) is 0 Å². The smallest absolute Gasteiger partial charge is 0.392 e. The maximum absolute atomic E-state index is 14.1. The molecule has 0 fully saturated rings. The van der Waals surface area contributed by atoms with Crippen molar-refractivity contribution in [3.8, 4) is 6.07 Å². The first-order valence-electron chi connectivity index (χ1n) is 9.43. The summed E-state index contributed by atoms with van der Waals surface area (Å²) in [5.74, 6) is -0.646. The van der Waals surface area contributed by atoms with Crippen LogP contribution in [0.4, 0.5) is 17.6 Å². The number of halogens is 4. The summed E-state index contributed by atoms with van der Waals surface area (Å²) in [6.07, 6.45) is -6.59. The van der Waals surface area contributed by atoms with Crippen LogP contribution in [0.2, 0.25) is 0 Å². The molecule has 0 aromatic heterocycles. The minimum absolute atomic E-state index is 0.0999. The summed E-state index contributed by atoms with van der Waals surface area (Å²) in [4.78, 5) is 0. The van der Waals surface area contributed by atoms with Crippen LogP contribution in [0.1, 0.15) is 53.6 Å². The lowest BCUT2D eigenvalue weighted by Gasteiger charge is -2.39. The topological polar surface area (TPSA) is 64.2 Å². The predicted molar refractivity (Wildman–Crippen MR) is 105 cm³/mol. The fourth-order valence-electron chi connectivity index (χ4n) is 4.08. The van der Waals surface area contributed by atoms with Crippen LogP contribution < -0.4 is 0 Å². The van der Waals surface area contributed by atoms with Gasteiger partial charge in [0.2, 0.25) is 0 Å². The van der Waals surface area contributed by atoms with E-state index in [1.54, 1.807) is 19.9 Å². The van der Waals surface area contributed by atoms with Gasteiger partial charge in [-0.25, -0.2) is 4.39 Å². The van der Waals surface area contributed by atoms with Gasteiger partial charge in [0.25, 0.3) is 0 Å². The number of rotatable bonds is 6. The lowest BCUT2D eigenvalue weighted by Crippen LogP contribution is -2.51. The molecule has 0 bridgehead atoms. The molecule has 0 aliphatic carbocycles. The fourth-order valence-corrected chi connectivity index (χ4v) is 4.08. The molecule has 7 heteroatoms. The Balaban J connectivity index is 2.57. The van der Waals surface area contributed by atoms with E-state index in [0.717, 1.165) is 12.1 Å². The maximum Gasteiger partial charge on any atom is 0.417 e. The van der Waals surface area contributed by atoms with Gasteiger partial charge in [-0.05, 0) is 60.1 Å². The van der Waals surface area contributed by atoms with E-state index in [9.17, 15) is 33.0 Å². The molecule has 30 heavy (non-hydrogen) atoms. The van der Waals surface area contributed by atoms with Crippen molar-refractivity contribution < 1.29 is 27.8 Å². The van der Waals surface area contributed by atoms with Crippen molar-refractivity contribution in [2.75, 3.05) is 0 Å². The standard InChI is InChI=1S/C23H25F4NO2/c1-14-7-15(2)19(11-28)17(8-14)10-22(30,23(25,26)27)13-21(3,4)20-9-18(24)6-5-16(20)12-29/h5-9,29-30H,10,12-13H2,1-4H3. The highest BCUT2D eigenvalue weighted by Gasteiger charge is 2.56. The Morgan fingerprint density at radius 2 is 1.67 bits per heavy atom. The highest BCUT2D eigenvalue weighted by molar-refractivity contribution is 5.47. The third-order valence-electron chi connectivity index (χ3n) is 5.39. The van der Waals surface area contributed by atoms with Crippen LogP contribution in [0.25, 0.3) is 0 Å². The van der Waals surface area contributed by atoms with E-state index in [-0.39, 0.29) is 22.3 Å². The largest absolute Gasteiger partial charge is 0.417 e. The molecular weight excluding hydrogens is 398 g/mol. The first-order valence-corrected chi connectivity index (χ1v) is 9.43. The minimum atomic E-state index is -5.00. The summed E-state index contributed by atoms with van der Waals surface area (Å²) in [7, 11) is 0. The third kappa shape index (κ3) is 4.82. The maximum atomic E-state index is 14.1. The van der Waals surface area contributed by atoms with Crippen molar-refractivity contribution in [3.05, 3.63) is 69.5 Å². The number of aryl methyl sites for hydroxylation is 2. The Labute approximate surface area is 173 Å². The summed E-state index contributed by atoms with van der Waals surface area (Å²) in [5, 5.41) is 29.8. The highest BCUT2D eigenvalue weighted by atomic mass is 19.4. The molecule has 0 heterocycles. The summed E-state index contributed by atoms with van der Waals surface area (Å²) in [5.41, 5.74) is -2.60. The van der Waals surface area contributed by atoms with Crippen molar-refractivity contribution in [1.82, 2.24) is 0 Å². The monoisotopic (exact) mass is 423 g/mol. The second-order valence-corrected chi connectivity index (χ2v) is 8.45. The number of hydrogen-bond acceptors (Lipinski definition) is 3. The molecule has 2 N–H and O–H groups in total. The van der Waals surface area contributed by atoms with E-state index in [1.165, 1.54) is 26.0 Å². The number of nitriles is 1. The van der Waals surface area contributed by atoms with E-state index in [1.807, 2.05) is 6.07 Å². The van der Waals surface area contributed by atoms with Crippen molar-refractivity contribution in [2.45, 2.75) is 64.3 Å². The van der Waals surface area contributed by atoms with Gasteiger partial charge in [0, 0.05) is 6.42 Å². The Morgan fingerprint density at radius 1 is 1.03 bits per heavy atom. The summed E-state index contributed by atoms with van der Waals surface area (Å²) < 4.78 is 56.0. The molecule has 0 saturated carbocycles. The molecule has 2 aromatic carbocycles. The lowest BCUT2D eigenvalue weighted by molar-refractivity contribution is -0.266. The predicted octanol–water partition coefficient (Wildman–Crippen LogP) is 5.01. The zero-order valence-electron chi connectivity index (χ0n) is 17.4. The summed E-state index contributed by atoms with van der Waals surface area (Å²) in [6.45, 7) is 5.79. The molecule has 162 valence electrons. The average Bonchev–Trinajstić information content (AvgIpc) is 2.60. The fraction of sp³-hybridized carbons (Fsp3) is 0.435. The number of hydrogen-bond donors (Lipinski definition) is 2. The molecule has 0 aliphatic rings. The number of nitrogens with zero attached hydrogens (tertiary/aromatic N) is 1. The molecule has 2 rings (SSSR count). The molecule has 0 saturated heterocycles. The lowest BCUT2D eigenvalue weighted by atomic mass is 9.71. The Bertz CT molecular complexity index is 976. The van der Waals surface area contributed by atoms with Crippen LogP contribution in [0.3, 0.4) is 0 Å². The molecule has 2 aromatic rings. The van der Waals surface area contributed by atoms with Crippen molar-refractivity contribution in [2.24, 2.45) is 0 Å². The SMILES string of the molecule is Cc1cc(C)c(C#N)c(CC(O)(CC(C)(C)c2cc(F)ccc2CO)C(F)(F)F)c1. The van der Waals surface area contributed by atoms with Gasteiger partial charge in [0.05, 0.1) is 18.2 Å². The first kappa shape index (κ1) is 23.8. The molecule has 0 amide bonds. The van der Waals surface area contributed by atoms with Gasteiger partial charge in [-0.3, -0.25) is 0 Å². The Morgan fingerprint density at radius 3 is 2.20 bits per heavy atom. The van der Waals surface area contributed by atoms with Crippen LogP contribution in [0, 0.1) is 31.0 Å². The summed E-state index contributed by atoms with van der Waals surface area (Å²) >= 11 is 0. The van der Waals surface area contributed by atoms with Gasteiger partial charge < -0.3 is 10.2 Å².